The minimum absolute atomic E-state index is 0.00194. The first-order valence-corrected chi connectivity index (χ1v) is 26.3. The standard InChI is InChI=1S/C55H68FN13O8/c1-54(2,3)77-53(75)68(29-39-10-13-59-36-61-39)30-47(70)62-46-26-40(69-32-55(33-69)34-76-35-55)27-60-49(46)52(74)66-14-11-37(12-15-66)28-63-16-18-64(19-17-63)31-48(71)65-20-22-67(23-21-65)51(73)43-24-38(8-9-44(43)56)25-45(57)41-6-4-5-7-42(41)50(58)72/h4-10,13,24,26-27,36-37,57H,11-12,14-23,25,28-35H2,1-3H3,(H2,58,72)(H,62,70). The van der Waals surface area contributed by atoms with Crippen molar-refractivity contribution in [3.05, 3.63) is 113 Å². The van der Waals surface area contributed by atoms with Gasteiger partial charge < -0.3 is 50.4 Å². The van der Waals surface area contributed by atoms with Crippen LogP contribution in [0, 0.1) is 22.6 Å². The van der Waals surface area contributed by atoms with Crippen molar-refractivity contribution in [1.82, 2.24) is 44.4 Å². The number of nitrogens with zero attached hydrogens (tertiary/aromatic N) is 10. The zero-order valence-corrected chi connectivity index (χ0v) is 44.0. The van der Waals surface area contributed by atoms with Crippen LogP contribution in [0.3, 0.4) is 0 Å². The number of pyridine rings is 1. The SMILES string of the molecule is CC(C)(C)OC(=O)N(CC(=O)Nc1cc(N2CC3(COC3)C2)cnc1C(=O)N1CCC(CN2CCN(CC(=O)N3CCN(C(=O)c4cc(CC(=N)c5ccccc5C(N)=O)ccc4F)CC3)CC2)CC1)Cc1ccncn1. The molecule has 2 aromatic heterocycles. The van der Waals surface area contributed by atoms with Crippen molar-refractivity contribution in [3.63, 3.8) is 0 Å². The van der Waals surface area contributed by atoms with Crippen LogP contribution >= 0.6 is 0 Å². The lowest BCUT2D eigenvalue weighted by Gasteiger charge is -2.55. The predicted octanol–water partition coefficient (Wildman–Crippen LogP) is 3.39. The molecule has 4 aromatic rings. The van der Waals surface area contributed by atoms with E-state index in [0.29, 0.717) is 62.1 Å². The number of likely N-dealkylation sites (tertiary alicyclic amines) is 1. The molecule has 2 aromatic carbocycles. The van der Waals surface area contributed by atoms with Crippen LogP contribution in [0.5, 0.6) is 0 Å². The van der Waals surface area contributed by atoms with Gasteiger partial charge in [-0.2, -0.15) is 0 Å². The van der Waals surface area contributed by atoms with Crippen LogP contribution in [0.1, 0.15) is 81.6 Å². The van der Waals surface area contributed by atoms with Crippen LogP contribution < -0.4 is 16.0 Å². The summed E-state index contributed by atoms with van der Waals surface area (Å²) in [6.45, 7) is 14.2. The molecule has 408 valence electrons. The Bertz CT molecular complexity index is 2850. The number of primary amides is 1. The number of piperidine rings is 1. The number of anilines is 2. The van der Waals surface area contributed by atoms with Gasteiger partial charge in [-0.1, -0.05) is 24.3 Å². The van der Waals surface area contributed by atoms with Gasteiger partial charge in [0.15, 0.2) is 5.69 Å². The molecule has 5 aliphatic heterocycles. The van der Waals surface area contributed by atoms with Crippen LogP contribution in [0.25, 0.3) is 0 Å². The highest BCUT2D eigenvalue weighted by Crippen LogP contribution is 2.41. The zero-order chi connectivity index (χ0) is 54.4. The van der Waals surface area contributed by atoms with E-state index in [4.69, 9.17) is 20.6 Å². The van der Waals surface area contributed by atoms with E-state index < -0.39 is 35.2 Å². The largest absolute Gasteiger partial charge is 0.444 e. The van der Waals surface area contributed by atoms with E-state index in [1.807, 2.05) is 0 Å². The molecule has 1 spiro atoms. The second-order valence-electron chi connectivity index (χ2n) is 21.9. The fourth-order valence-electron chi connectivity index (χ4n) is 10.6. The van der Waals surface area contributed by atoms with Crippen LogP contribution in [-0.4, -0.2) is 203 Å². The van der Waals surface area contributed by atoms with E-state index in [9.17, 15) is 28.8 Å². The molecule has 5 fully saturated rings. The van der Waals surface area contributed by atoms with Crippen molar-refractivity contribution in [1.29, 1.82) is 5.41 Å². The van der Waals surface area contributed by atoms with Crippen molar-refractivity contribution in [2.24, 2.45) is 17.1 Å². The minimum Gasteiger partial charge on any atom is -0.444 e. The number of ether oxygens (including phenoxy) is 2. The number of hydrogen-bond acceptors (Lipinski definition) is 15. The van der Waals surface area contributed by atoms with Gasteiger partial charge in [0.1, 0.15) is 24.3 Å². The number of carbonyl (C=O) groups is 6. The lowest BCUT2D eigenvalue weighted by Crippen LogP contribution is -2.66. The molecule has 21 nitrogen and oxygen atoms in total. The average molecular weight is 1060 g/mol. The monoisotopic (exact) mass is 1060 g/mol. The van der Waals surface area contributed by atoms with Crippen molar-refractivity contribution >= 4 is 52.7 Å². The lowest BCUT2D eigenvalue weighted by molar-refractivity contribution is -0.134. The van der Waals surface area contributed by atoms with Gasteiger partial charge in [0, 0.05) is 115 Å². The highest BCUT2D eigenvalue weighted by molar-refractivity contribution is 6.09. The Balaban J connectivity index is 0.732. The van der Waals surface area contributed by atoms with Gasteiger partial charge in [-0.15, -0.1) is 0 Å². The molecule has 0 saturated carbocycles. The number of hydrogen-bond donors (Lipinski definition) is 3. The third-order valence-corrected chi connectivity index (χ3v) is 14.9. The van der Waals surface area contributed by atoms with Gasteiger partial charge in [-0.25, -0.2) is 24.1 Å². The van der Waals surface area contributed by atoms with Gasteiger partial charge >= 0.3 is 6.09 Å². The van der Waals surface area contributed by atoms with E-state index in [1.54, 1.807) is 84.3 Å². The Morgan fingerprint density at radius 2 is 1.51 bits per heavy atom. The molecule has 0 atom stereocenters. The Hall–Kier alpha value is -7.43. The first kappa shape index (κ1) is 54.4. The molecule has 77 heavy (non-hydrogen) atoms. The fraction of sp³-hybridized carbons (Fsp3) is 0.491. The maximum absolute atomic E-state index is 15.1. The predicted molar refractivity (Wildman–Crippen MR) is 283 cm³/mol. The quantitative estimate of drug-likeness (QED) is 0.136. The second-order valence-corrected chi connectivity index (χ2v) is 21.9. The number of halogens is 1. The van der Waals surface area contributed by atoms with Gasteiger partial charge in [0.25, 0.3) is 11.8 Å². The summed E-state index contributed by atoms with van der Waals surface area (Å²) < 4.78 is 26.2. The Kier molecular flexibility index (Phi) is 16.5. The van der Waals surface area contributed by atoms with Crippen LogP contribution in [-0.2, 0) is 32.0 Å². The van der Waals surface area contributed by atoms with E-state index >= 15 is 4.39 Å². The summed E-state index contributed by atoms with van der Waals surface area (Å²) in [4.78, 5) is 106. The summed E-state index contributed by atoms with van der Waals surface area (Å²) in [5.41, 5.74) is 7.65. The summed E-state index contributed by atoms with van der Waals surface area (Å²) in [6, 6.07) is 14.2. The molecule has 5 saturated heterocycles. The van der Waals surface area contributed by atoms with E-state index in [0.717, 1.165) is 64.3 Å². The Labute approximate surface area is 447 Å². The lowest BCUT2D eigenvalue weighted by atomic mass is 9.78. The van der Waals surface area contributed by atoms with Crippen LogP contribution in [0.4, 0.5) is 20.6 Å². The summed E-state index contributed by atoms with van der Waals surface area (Å²) in [7, 11) is 0. The number of nitrogens with one attached hydrogen (secondary N) is 2. The van der Waals surface area contributed by atoms with Crippen LogP contribution in [0.2, 0.25) is 0 Å². The third kappa shape index (κ3) is 13.4. The summed E-state index contributed by atoms with van der Waals surface area (Å²) >= 11 is 0. The molecule has 5 aliphatic rings. The fourth-order valence-corrected chi connectivity index (χ4v) is 10.6. The molecule has 22 heteroatoms. The average Bonchev–Trinajstić information content (AvgIpc) is 3.42. The highest BCUT2D eigenvalue weighted by Gasteiger charge is 2.49. The van der Waals surface area contributed by atoms with Crippen molar-refractivity contribution < 1.29 is 42.6 Å². The highest BCUT2D eigenvalue weighted by atomic mass is 19.1. The van der Waals surface area contributed by atoms with Crippen molar-refractivity contribution in [3.8, 4) is 0 Å². The number of amides is 6. The smallest absolute Gasteiger partial charge is 0.411 e. The van der Waals surface area contributed by atoms with Crippen LogP contribution in [0.15, 0.2) is 73.3 Å². The third-order valence-electron chi connectivity index (χ3n) is 14.9. The number of nitrogens with two attached hydrogens (primary N) is 1. The second kappa shape index (κ2) is 23.4. The van der Waals surface area contributed by atoms with Gasteiger partial charge in [-0.3, -0.25) is 33.8 Å². The summed E-state index contributed by atoms with van der Waals surface area (Å²) in [6.07, 6.45) is 5.57. The molecule has 7 heterocycles. The van der Waals surface area contributed by atoms with Crippen molar-refractivity contribution in [2.75, 3.05) is 122 Å². The molecule has 4 N–H and O–H groups in total. The van der Waals surface area contributed by atoms with E-state index in [1.165, 1.54) is 29.4 Å². The molecule has 6 amide bonds. The maximum Gasteiger partial charge on any atom is 0.411 e. The Morgan fingerprint density at radius 3 is 2.16 bits per heavy atom. The maximum atomic E-state index is 15.1. The first-order valence-electron chi connectivity index (χ1n) is 26.3. The molecular formula is C55H68FN13O8. The van der Waals surface area contributed by atoms with Gasteiger partial charge in [0.2, 0.25) is 17.7 Å². The Morgan fingerprint density at radius 1 is 0.831 bits per heavy atom. The zero-order valence-electron chi connectivity index (χ0n) is 44.0. The molecule has 0 unspecified atom stereocenters. The first-order chi connectivity index (χ1) is 36.9. The van der Waals surface area contributed by atoms with Gasteiger partial charge in [-0.05, 0) is 75.4 Å². The number of rotatable bonds is 16. The number of benzene rings is 2. The number of piperazine rings is 2. The molecular weight excluding hydrogens is 990 g/mol. The molecule has 0 bridgehead atoms. The number of aromatic nitrogens is 3. The molecule has 0 aliphatic carbocycles. The normalized spacial score (nSPS) is 18.0. The number of carbonyl (C=O) groups excluding carboxylic acids is 6. The minimum atomic E-state index is -0.809. The van der Waals surface area contributed by atoms with Gasteiger partial charge in [0.05, 0.1) is 60.5 Å². The van der Waals surface area contributed by atoms with E-state index in [2.05, 4.69) is 35.0 Å². The molecule has 0 radical (unpaired) electrons. The summed E-state index contributed by atoms with van der Waals surface area (Å²) in [5.74, 6) is -2.27. The summed E-state index contributed by atoms with van der Waals surface area (Å²) in [5, 5.41) is 11.5. The molecule has 9 rings (SSSR count). The topological polar surface area (TPSA) is 244 Å². The van der Waals surface area contributed by atoms with Crippen molar-refractivity contribution in [2.45, 2.75) is 52.2 Å². The van der Waals surface area contributed by atoms with E-state index in [-0.39, 0.29) is 84.6 Å².